The number of nitrogens with one attached hydrogen (secondary N) is 2. The van der Waals surface area contributed by atoms with Gasteiger partial charge >= 0.3 is 6.03 Å². The number of amides is 2. The van der Waals surface area contributed by atoms with Crippen LogP contribution in [0.15, 0.2) is 29.0 Å². The lowest BCUT2D eigenvalue weighted by Gasteiger charge is -1.94. The number of carbonyl (C=O) groups excluding carboxylic acids is 1. The molecule has 2 N–H and O–H groups in total. The summed E-state index contributed by atoms with van der Waals surface area (Å²) in [6.45, 7) is 0. The zero-order valence-corrected chi connectivity index (χ0v) is 6.70. The van der Waals surface area contributed by atoms with Gasteiger partial charge in [-0.15, -0.1) is 0 Å². The smallest absolute Gasteiger partial charge is 0.318 e. The van der Waals surface area contributed by atoms with E-state index in [4.69, 9.17) is 4.42 Å². The molecule has 0 radical (unpaired) electrons. The molecule has 1 heterocycles. The number of hydrogen-bond donors (Lipinski definition) is 2. The Morgan fingerprint density at radius 3 is 3.08 bits per heavy atom. The molecule has 4 heteroatoms. The van der Waals surface area contributed by atoms with Crippen molar-refractivity contribution in [2.24, 2.45) is 0 Å². The van der Waals surface area contributed by atoms with Crippen molar-refractivity contribution in [3.63, 3.8) is 0 Å². The highest BCUT2D eigenvalue weighted by atomic mass is 16.3. The molecular weight excluding hydrogens is 156 g/mol. The number of furan rings is 1. The molecule has 0 saturated carbocycles. The van der Waals surface area contributed by atoms with Crippen LogP contribution >= 0.6 is 0 Å². The van der Waals surface area contributed by atoms with Crippen LogP contribution in [0.3, 0.4) is 0 Å². The first kappa shape index (κ1) is 8.39. The Labute approximate surface area is 70.3 Å². The topological polar surface area (TPSA) is 54.3 Å². The van der Waals surface area contributed by atoms with Crippen LogP contribution in [0.2, 0.25) is 0 Å². The summed E-state index contributed by atoms with van der Waals surface area (Å²) < 4.78 is 4.99. The maximum atomic E-state index is 10.6. The number of urea groups is 1. The second-order valence-electron chi connectivity index (χ2n) is 2.07. The fraction of sp³-hybridized carbons (Fsp3) is 0.125. The molecule has 0 bridgehead atoms. The lowest BCUT2D eigenvalue weighted by molar-refractivity contribution is 0.246. The Hall–Kier alpha value is -1.71. The van der Waals surface area contributed by atoms with Crippen molar-refractivity contribution in [3.05, 3.63) is 30.4 Å². The Balaban J connectivity index is 2.37. The van der Waals surface area contributed by atoms with Crippen molar-refractivity contribution in [2.75, 3.05) is 7.05 Å². The standard InChI is InChI=1S/C8H10N2O2/c1-9-8(11)10-5-4-7-3-2-6-12-7/h2-6H,1H3,(H2,9,10,11)/b5-4+. The molecule has 4 nitrogen and oxygen atoms in total. The molecule has 0 unspecified atom stereocenters. The maximum absolute atomic E-state index is 10.6. The molecule has 0 atom stereocenters. The largest absolute Gasteiger partial charge is 0.465 e. The molecule has 1 aromatic rings. The third-order valence-electron chi connectivity index (χ3n) is 1.23. The summed E-state index contributed by atoms with van der Waals surface area (Å²) in [6, 6.07) is 3.32. The molecule has 0 aliphatic rings. The van der Waals surface area contributed by atoms with E-state index in [9.17, 15) is 4.79 Å². The minimum absolute atomic E-state index is 0.252. The van der Waals surface area contributed by atoms with Gasteiger partial charge in [-0.25, -0.2) is 4.79 Å². The fourth-order valence-electron chi connectivity index (χ4n) is 0.658. The van der Waals surface area contributed by atoms with E-state index in [-0.39, 0.29) is 6.03 Å². The number of rotatable bonds is 2. The molecule has 0 aliphatic heterocycles. The SMILES string of the molecule is CNC(=O)N/C=C/c1ccco1. The van der Waals surface area contributed by atoms with Crippen molar-refractivity contribution >= 4 is 12.1 Å². The molecule has 12 heavy (non-hydrogen) atoms. The van der Waals surface area contributed by atoms with E-state index in [1.165, 1.54) is 6.20 Å². The predicted molar refractivity (Wildman–Crippen MR) is 45.3 cm³/mol. The van der Waals surface area contributed by atoms with Crippen LogP contribution in [0.5, 0.6) is 0 Å². The zero-order chi connectivity index (χ0) is 8.81. The van der Waals surface area contributed by atoms with Crippen molar-refractivity contribution in [1.29, 1.82) is 0 Å². The molecule has 0 fully saturated rings. The molecular formula is C8H10N2O2. The third kappa shape index (κ3) is 2.49. The normalized spacial score (nSPS) is 10.1. The first-order valence-corrected chi connectivity index (χ1v) is 3.51. The van der Waals surface area contributed by atoms with E-state index in [1.807, 2.05) is 0 Å². The quantitative estimate of drug-likeness (QED) is 0.693. The van der Waals surface area contributed by atoms with Gasteiger partial charge in [0.25, 0.3) is 0 Å². The summed E-state index contributed by atoms with van der Waals surface area (Å²) >= 11 is 0. The maximum Gasteiger partial charge on any atom is 0.318 e. The Bertz CT molecular complexity index is 265. The average molecular weight is 166 g/mol. The van der Waals surface area contributed by atoms with Gasteiger partial charge in [0.15, 0.2) is 0 Å². The van der Waals surface area contributed by atoms with Crippen molar-refractivity contribution in [3.8, 4) is 0 Å². The van der Waals surface area contributed by atoms with Crippen LogP contribution in [0.25, 0.3) is 6.08 Å². The second kappa shape index (κ2) is 4.23. The summed E-state index contributed by atoms with van der Waals surface area (Å²) in [7, 11) is 1.55. The van der Waals surface area contributed by atoms with Gasteiger partial charge in [-0.1, -0.05) is 0 Å². The lowest BCUT2D eigenvalue weighted by Crippen LogP contribution is -2.28. The van der Waals surface area contributed by atoms with Crippen molar-refractivity contribution in [1.82, 2.24) is 10.6 Å². The van der Waals surface area contributed by atoms with E-state index in [2.05, 4.69) is 10.6 Å². The number of hydrogen-bond acceptors (Lipinski definition) is 2. The van der Waals surface area contributed by atoms with Crippen LogP contribution in [-0.2, 0) is 0 Å². The zero-order valence-electron chi connectivity index (χ0n) is 6.70. The molecule has 0 aliphatic carbocycles. The fourth-order valence-corrected chi connectivity index (χ4v) is 0.658. The highest BCUT2D eigenvalue weighted by Crippen LogP contribution is 2.00. The molecule has 0 saturated heterocycles. The summed E-state index contributed by atoms with van der Waals surface area (Å²) in [4.78, 5) is 10.6. The van der Waals surface area contributed by atoms with Gasteiger partial charge in [-0.3, -0.25) is 0 Å². The van der Waals surface area contributed by atoms with Crippen molar-refractivity contribution in [2.45, 2.75) is 0 Å². The van der Waals surface area contributed by atoms with Crippen LogP contribution < -0.4 is 10.6 Å². The Kier molecular flexibility index (Phi) is 2.95. The Morgan fingerprint density at radius 1 is 1.67 bits per heavy atom. The van der Waals surface area contributed by atoms with E-state index in [1.54, 1.807) is 31.5 Å². The predicted octanol–water partition coefficient (Wildman–Crippen LogP) is 1.18. The molecule has 1 rings (SSSR count). The molecule has 64 valence electrons. The van der Waals surface area contributed by atoms with Gasteiger partial charge in [-0.2, -0.15) is 0 Å². The van der Waals surface area contributed by atoms with Gasteiger partial charge in [0.1, 0.15) is 5.76 Å². The minimum Gasteiger partial charge on any atom is -0.465 e. The lowest BCUT2D eigenvalue weighted by atomic mass is 10.4. The van der Waals surface area contributed by atoms with Crippen LogP contribution in [0.4, 0.5) is 4.79 Å². The summed E-state index contributed by atoms with van der Waals surface area (Å²) in [5.41, 5.74) is 0. The van der Waals surface area contributed by atoms with Crippen LogP contribution in [0.1, 0.15) is 5.76 Å². The van der Waals surface area contributed by atoms with Gasteiger partial charge in [0.05, 0.1) is 6.26 Å². The van der Waals surface area contributed by atoms with E-state index in [0.29, 0.717) is 5.76 Å². The number of carbonyl (C=O) groups is 1. The highest BCUT2D eigenvalue weighted by molar-refractivity contribution is 5.75. The van der Waals surface area contributed by atoms with E-state index in [0.717, 1.165) is 0 Å². The summed E-state index contributed by atoms with van der Waals surface area (Å²) in [6.07, 6.45) is 4.74. The molecule has 2 amide bonds. The van der Waals surface area contributed by atoms with Gasteiger partial charge < -0.3 is 15.1 Å². The second-order valence-corrected chi connectivity index (χ2v) is 2.07. The van der Waals surface area contributed by atoms with Crippen LogP contribution in [0, 0.1) is 0 Å². The highest BCUT2D eigenvalue weighted by Gasteiger charge is 1.89. The monoisotopic (exact) mass is 166 g/mol. The van der Waals surface area contributed by atoms with E-state index < -0.39 is 0 Å². The molecule has 0 aromatic carbocycles. The molecule has 1 aromatic heterocycles. The van der Waals surface area contributed by atoms with E-state index >= 15 is 0 Å². The third-order valence-corrected chi connectivity index (χ3v) is 1.23. The van der Waals surface area contributed by atoms with Crippen molar-refractivity contribution < 1.29 is 9.21 Å². The Morgan fingerprint density at radius 2 is 2.50 bits per heavy atom. The molecule has 0 spiro atoms. The van der Waals surface area contributed by atoms with Crippen LogP contribution in [-0.4, -0.2) is 13.1 Å². The van der Waals surface area contributed by atoms with Gasteiger partial charge in [0.2, 0.25) is 0 Å². The first-order valence-electron chi connectivity index (χ1n) is 3.51. The summed E-state index contributed by atoms with van der Waals surface area (Å²) in [5.74, 6) is 0.700. The van der Waals surface area contributed by atoms with Gasteiger partial charge in [0, 0.05) is 13.2 Å². The average Bonchev–Trinajstić information content (AvgIpc) is 2.57. The first-order chi connectivity index (χ1) is 5.83. The van der Waals surface area contributed by atoms with Gasteiger partial charge in [-0.05, 0) is 18.2 Å². The minimum atomic E-state index is -0.252. The summed E-state index contributed by atoms with van der Waals surface area (Å²) in [5, 5.41) is 4.89.